The van der Waals surface area contributed by atoms with Crippen LogP contribution in [0.5, 0.6) is 5.75 Å². The summed E-state index contributed by atoms with van der Waals surface area (Å²) >= 11 is 12.2. The minimum atomic E-state index is -3.60. The second-order valence-electron chi connectivity index (χ2n) is 9.23. The molecule has 2 aromatic rings. The monoisotopic (exact) mass is 571 g/mol. The number of nitrogens with zero attached hydrogens (tertiary/aromatic N) is 2. The molecule has 2 rings (SSSR count). The topological polar surface area (TPSA) is 96.0 Å². The molecule has 8 nitrogen and oxygen atoms in total. The van der Waals surface area contributed by atoms with Crippen LogP contribution in [0.15, 0.2) is 42.5 Å². The number of methoxy groups -OCH3 is 1. The average molecular weight is 573 g/mol. The van der Waals surface area contributed by atoms with E-state index in [1.807, 2.05) is 13.8 Å². The van der Waals surface area contributed by atoms with Gasteiger partial charge in [0.25, 0.3) is 0 Å². The molecule has 1 N–H and O–H groups in total. The lowest BCUT2D eigenvalue weighted by Gasteiger charge is -2.30. The predicted octanol–water partition coefficient (Wildman–Crippen LogP) is 4.74. The van der Waals surface area contributed by atoms with Crippen molar-refractivity contribution in [2.24, 2.45) is 5.92 Å². The van der Waals surface area contributed by atoms with E-state index in [1.54, 1.807) is 49.4 Å². The van der Waals surface area contributed by atoms with Crippen LogP contribution in [0, 0.1) is 5.92 Å². The van der Waals surface area contributed by atoms with E-state index in [0.717, 1.165) is 11.8 Å². The number of sulfonamides is 1. The van der Waals surface area contributed by atoms with Gasteiger partial charge in [0.05, 0.1) is 29.1 Å². The Bertz CT molecular complexity index is 1190. The smallest absolute Gasteiger partial charge is 0.242 e. The summed E-state index contributed by atoms with van der Waals surface area (Å²) in [6.45, 7) is 6.37. The molecule has 0 aliphatic heterocycles. The third-order valence-electron chi connectivity index (χ3n) is 5.68. The fourth-order valence-electron chi connectivity index (χ4n) is 3.64. The second-order valence-corrected chi connectivity index (χ2v) is 11.9. The van der Waals surface area contributed by atoms with Gasteiger partial charge in [-0.3, -0.25) is 13.9 Å². The summed E-state index contributed by atoms with van der Waals surface area (Å²) in [5.74, 6) is 0.235. The van der Waals surface area contributed by atoms with Gasteiger partial charge in [-0.2, -0.15) is 0 Å². The van der Waals surface area contributed by atoms with E-state index in [1.165, 1.54) is 16.3 Å². The van der Waals surface area contributed by atoms with Gasteiger partial charge in [0.15, 0.2) is 0 Å². The second kappa shape index (κ2) is 13.9. The number of carbonyl (C=O) groups excluding carboxylic acids is 2. The molecule has 0 aliphatic carbocycles. The van der Waals surface area contributed by atoms with Crippen molar-refractivity contribution in [2.75, 3.05) is 30.8 Å². The Balaban J connectivity index is 2.20. The first-order valence-electron chi connectivity index (χ1n) is 12.0. The van der Waals surface area contributed by atoms with Crippen molar-refractivity contribution in [1.29, 1.82) is 0 Å². The number of hydrogen-bond acceptors (Lipinski definition) is 5. The molecule has 1 atom stereocenters. The van der Waals surface area contributed by atoms with Crippen LogP contribution in [0.2, 0.25) is 10.0 Å². The van der Waals surface area contributed by atoms with Crippen LogP contribution in [-0.2, 0) is 26.2 Å². The first kappa shape index (κ1) is 30.7. The lowest BCUT2D eigenvalue weighted by atomic mass is 10.1. The largest absolute Gasteiger partial charge is 0.497 e. The van der Waals surface area contributed by atoms with Crippen molar-refractivity contribution in [2.45, 2.75) is 46.2 Å². The molecule has 0 bridgehead atoms. The first-order valence-corrected chi connectivity index (χ1v) is 14.6. The first-order chi connectivity index (χ1) is 17.3. The van der Waals surface area contributed by atoms with Crippen LogP contribution < -0.4 is 14.4 Å². The Kier molecular flexibility index (Phi) is 11.5. The summed E-state index contributed by atoms with van der Waals surface area (Å²) in [5, 5.41) is 3.62. The highest BCUT2D eigenvalue weighted by Gasteiger charge is 2.27. The Hall–Kier alpha value is -2.49. The average Bonchev–Trinajstić information content (AvgIpc) is 2.84. The molecular weight excluding hydrogens is 537 g/mol. The Labute approximate surface area is 229 Å². The van der Waals surface area contributed by atoms with Gasteiger partial charge in [-0.25, -0.2) is 8.42 Å². The quantitative estimate of drug-likeness (QED) is 0.374. The van der Waals surface area contributed by atoms with Crippen LogP contribution in [0.4, 0.5) is 5.69 Å². The lowest BCUT2D eigenvalue weighted by molar-refractivity contribution is -0.140. The molecule has 204 valence electrons. The number of carbonyl (C=O) groups is 2. The molecule has 0 aliphatic rings. The Morgan fingerprint density at radius 1 is 1.05 bits per heavy atom. The van der Waals surface area contributed by atoms with E-state index >= 15 is 0 Å². The SMILES string of the molecule is COc1cccc(N(CCCC(=O)N(Cc2ccc(Cl)c(Cl)c2)C(C)C(=O)NCC(C)C)S(C)(=O)=O)c1. The van der Waals surface area contributed by atoms with Gasteiger partial charge in [-0.15, -0.1) is 0 Å². The predicted molar refractivity (Wildman–Crippen MR) is 149 cm³/mol. The van der Waals surface area contributed by atoms with Gasteiger partial charge in [0.2, 0.25) is 21.8 Å². The highest BCUT2D eigenvalue weighted by molar-refractivity contribution is 7.92. The lowest BCUT2D eigenvalue weighted by Crippen LogP contribution is -2.48. The van der Waals surface area contributed by atoms with Crippen LogP contribution >= 0.6 is 23.2 Å². The van der Waals surface area contributed by atoms with Crippen LogP contribution in [0.3, 0.4) is 0 Å². The van der Waals surface area contributed by atoms with Crippen molar-refractivity contribution in [3.63, 3.8) is 0 Å². The van der Waals surface area contributed by atoms with Gasteiger partial charge < -0.3 is 15.0 Å². The third-order valence-corrected chi connectivity index (χ3v) is 7.62. The standard InChI is InChI=1S/C26H35Cl2N3O5S/c1-18(2)16-29-26(33)19(3)30(17-20-11-12-23(27)24(28)14-20)25(32)10-7-13-31(37(5,34)35)21-8-6-9-22(15-21)36-4/h6,8-9,11-12,14-15,18-19H,7,10,13,16-17H2,1-5H3,(H,29,33). The molecule has 0 heterocycles. The van der Waals surface area contributed by atoms with E-state index in [2.05, 4.69) is 5.32 Å². The number of benzene rings is 2. The summed E-state index contributed by atoms with van der Waals surface area (Å²) in [4.78, 5) is 27.6. The Morgan fingerprint density at radius 2 is 1.76 bits per heavy atom. The van der Waals surface area contributed by atoms with Crippen molar-refractivity contribution >= 4 is 50.7 Å². The number of anilines is 1. The fraction of sp³-hybridized carbons (Fsp3) is 0.462. The maximum absolute atomic E-state index is 13.4. The van der Waals surface area contributed by atoms with E-state index in [0.29, 0.717) is 28.0 Å². The summed E-state index contributed by atoms with van der Waals surface area (Å²) in [6, 6.07) is 11.0. The molecule has 0 spiro atoms. The van der Waals surface area contributed by atoms with Crippen LogP contribution in [-0.4, -0.2) is 57.6 Å². The fourth-order valence-corrected chi connectivity index (χ4v) is 4.92. The number of hydrogen-bond donors (Lipinski definition) is 1. The zero-order valence-electron chi connectivity index (χ0n) is 21.8. The molecule has 0 saturated heterocycles. The number of ether oxygens (including phenoxy) is 1. The number of nitrogens with one attached hydrogen (secondary N) is 1. The number of amides is 2. The van der Waals surface area contributed by atoms with Gasteiger partial charge in [0, 0.05) is 32.1 Å². The summed E-state index contributed by atoms with van der Waals surface area (Å²) in [5.41, 5.74) is 1.17. The molecule has 0 radical (unpaired) electrons. The molecule has 2 aromatic carbocycles. The zero-order chi connectivity index (χ0) is 27.8. The highest BCUT2D eigenvalue weighted by atomic mass is 35.5. The number of halogens is 2. The molecule has 37 heavy (non-hydrogen) atoms. The van der Waals surface area contributed by atoms with Crippen molar-refractivity contribution in [3.8, 4) is 5.75 Å². The zero-order valence-corrected chi connectivity index (χ0v) is 24.2. The van der Waals surface area contributed by atoms with E-state index in [4.69, 9.17) is 27.9 Å². The van der Waals surface area contributed by atoms with Gasteiger partial charge in [0.1, 0.15) is 11.8 Å². The van der Waals surface area contributed by atoms with Gasteiger partial charge in [-0.05, 0) is 49.1 Å². The normalized spacial score (nSPS) is 12.2. The molecular formula is C26H35Cl2N3O5S. The summed E-state index contributed by atoms with van der Waals surface area (Å²) in [6.07, 6.45) is 1.41. The molecule has 1 unspecified atom stereocenters. The van der Waals surface area contributed by atoms with Crippen molar-refractivity contribution < 1.29 is 22.7 Å². The molecule has 2 amide bonds. The van der Waals surface area contributed by atoms with Crippen LogP contribution in [0.25, 0.3) is 0 Å². The maximum Gasteiger partial charge on any atom is 0.242 e. The summed E-state index contributed by atoms with van der Waals surface area (Å²) < 4.78 is 31.4. The number of rotatable bonds is 13. The van der Waals surface area contributed by atoms with Crippen LogP contribution in [0.1, 0.15) is 39.2 Å². The van der Waals surface area contributed by atoms with Crippen molar-refractivity contribution in [3.05, 3.63) is 58.1 Å². The molecule has 11 heteroatoms. The van der Waals surface area contributed by atoms with E-state index in [-0.39, 0.29) is 43.7 Å². The van der Waals surface area contributed by atoms with Gasteiger partial charge >= 0.3 is 0 Å². The van der Waals surface area contributed by atoms with E-state index < -0.39 is 16.1 Å². The molecule has 0 fully saturated rings. The minimum absolute atomic E-state index is 0.0408. The maximum atomic E-state index is 13.4. The summed E-state index contributed by atoms with van der Waals surface area (Å²) in [7, 11) is -2.10. The molecule has 0 aromatic heterocycles. The highest BCUT2D eigenvalue weighted by Crippen LogP contribution is 2.25. The minimum Gasteiger partial charge on any atom is -0.497 e. The molecule has 0 saturated carbocycles. The Morgan fingerprint density at radius 3 is 2.35 bits per heavy atom. The van der Waals surface area contributed by atoms with Crippen molar-refractivity contribution in [1.82, 2.24) is 10.2 Å². The van der Waals surface area contributed by atoms with Gasteiger partial charge in [-0.1, -0.05) is 49.2 Å². The third kappa shape index (κ3) is 9.39. The van der Waals surface area contributed by atoms with E-state index in [9.17, 15) is 18.0 Å².